The summed E-state index contributed by atoms with van der Waals surface area (Å²) in [5, 5.41) is 16.7. The SMILES string of the molecule is CS(=O)(=O)CCCn1nnc2c(C(=O)O)cccc21. The van der Waals surface area contributed by atoms with E-state index in [9.17, 15) is 13.2 Å². The van der Waals surface area contributed by atoms with Crippen LogP contribution in [0.1, 0.15) is 16.8 Å². The fraction of sp³-hybridized carbons (Fsp3) is 0.364. The van der Waals surface area contributed by atoms with Crippen molar-refractivity contribution < 1.29 is 18.3 Å². The molecule has 0 unspecified atom stereocenters. The second-order valence-corrected chi connectivity index (χ2v) is 6.53. The number of aromatic nitrogens is 3. The van der Waals surface area contributed by atoms with Gasteiger partial charge in [0, 0.05) is 12.8 Å². The maximum atomic E-state index is 11.0. The first kappa shape index (κ1) is 13.5. The number of carboxylic acids is 1. The molecule has 7 nitrogen and oxygen atoms in total. The Hall–Kier alpha value is -1.96. The van der Waals surface area contributed by atoms with E-state index in [1.165, 1.54) is 17.0 Å². The highest BCUT2D eigenvalue weighted by atomic mass is 32.2. The summed E-state index contributed by atoms with van der Waals surface area (Å²) in [6.45, 7) is 0.382. The van der Waals surface area contributed by atoms with Gasteiger partial charge < -0.3 is 5.11 Å². The maximum Gasteiger partial charge on any atom is 0.338 e. The van der Waals surface area contributed by atoms with E-state index in [0.717, 1.165) is 0 Å². The molecule has 0 aliphatic heterocycles. The normalized spacial score (nSPS) is 11.8. The maximum absolute atomic E-state index is 11.0. The summed E-state index contributed by atoms with van der Waals surface area (Å²) < 4.78 is 23.6. The Morgan fingerprint density at radius 3 is 2.79 bits per heavy atom. The fourth-order valence-electron chi connectivity index (χ4n) is 1.81. The molecule has 1 aromatic carbocycles. The first-order chi connectivity index (χ1) is 8.88. The van der Waals surface area contributed by atoms with Crippen LogP contribution < -0.4 is 0 Å². The summed E-state index contributed by atoms with van der Waals surface area (Å²) in [5.74, 6) is -0.999. The largest absolute Gasteiger partial charge is 0.478 e. The first-order valence-electron chi connectivity index (χ1n) is 5.62. The van der Waals surface area contributed by atoms with Crippen molar-refractivity contribution >= 4 is 26.8 Å². The molecule has 0 atom stereocenters. The summed E-state index contributed by atoms with van der Waals surface area (Å²) >= 11 is 0. The lowest BCUT2D eigenvalue weighted by Gasteiger charge is -2.02. The van der Waals surface area contributed by atoms with Gasteiger partial charge in [-0.1, -0.05) is 11.3 Å². The van der Waals surface area contributed by atoms with Gasteiger partial charge in [-0.2, -0.15) is 0 Å². The van der Waals surface area contributed by atoms with Crippen molar-refractivity contribution in [3.05, 3.63) is 23.8 Å². The number of nitrogens with zero attached hydrogens (tertiary/aromatic N) is 3. The van der Waals surface area contributed by atoms with Crippen molar-refractivity contribution in [1.82, 2.24) is 15.0 Å². The molecule has 1 N–H and O–H groups in total. The average molecular weight is 283 g/mol. The molecule has 1 heterocycles. The van der Waals surface area contributed by atoms with Crippen molar-refractivity contribution in [2.24, 2.45) is 0 Å². The molecule has 0 radical (unpaired) electrons. The van der Waals surface area contributed by atoms with E-state index in [1.54, 1.807) is 12.1 Å². The van der Waals surface area contributed by atoms with Gasteiger partial charge >= 0.3 is 5.97 Å². The molecule has 0 saturated heterocycles. The Morgan fingerprint density at radius 2 is 2.16 bits per heavy atom. The zero-order chi connectivity index (χ0) is 14.0. The Kier molecular flexibility index (Phi) is 3.52. The van der Waals surface area contributed by atoms with Crippen LogP contribution in [0.3, 0.4) is 0 Å². The van der Waals surface area contributed by atoms with Gasteiger partial charge in [0.05, 0.1) is 16.8 Å². The number of hydrogen-bond acceptors (Lipinski definition) is 5. The monoisotopic (exact) mass is 283 g/mol. The second kappa shape index (κ2) is 4.96. The number of carboxylic acid groups (broad SMARTS) is 1. The molecule has 2 rings (SSSR count). The van der Waals surface area contributed by atoms with E-state index in [1.807, 2.05) is 0 Å². The van der Waals surface area contributed by atoms with E-state index in [2.05, 4.69) is 10.3 Å². The van der Waals surface area contributed by atoms with Gasteiger partial charge in [0.15, 0.2) is 0 Å². The molecule has 0 fully saturated rings. The van der Waals surface area contributed by atoms with Crippen LogP contribution in [0, 0.1) is 0 Å². The highest BCUT2D eigenvalue weighted by Crippen LogP contribution is 2.16. The summed E-state index contributed by atoms with van der Waals surface area (Å²) in [4.78, 5) is 11.0. The van der Waals surface area contributed by atoms with Crippen molar-refractivity contribution in [2.45, 2.75) is 13.0 Å². The van der Waals surface area contributed by atoms with Crippen LogP contribution >= 0.6 is 0 Å². The van der Waals surface area contributed by atoms with E-state index in [4.69, 9.17) is 5.11 Å². The summed E-state index contributed by atoms with van der Waals surface area (Å²) in [6, 6.07) is 4.78. The molecular weight excluding hydrogens is 270 g/mol. The summed E-state index contributed by atoms with van der Waals surface area (Å²) in [7, 11) is -3.01. The molecule has 0 bridgehead atoms. The van der Waals surface area contributed by atoms with E-state index >= 15 is 0 Å². The Bertz CT molecular complexity index is 721. The van der Waals surface area contributed by atoms with Gasteiger partial charge in [-0.05, 0) is 18.6 Å². The number of aryl methyl sites for hydroxylation is 1. The fourth-order valence-corrected chi connectivity index (χ4v) is 2.46. The molecule has 19 heavy (non-hydrogen) atoms. The zero-order valence-corrected chi connectivity index (χ0v) is 11.1. The third-order valence-corrected chi connectivity index (χ3v) is 3.69. The number of carbonyl (C=O) groups is 1. The van der Waals surface area contributed by atoms with Gasteiger partial charge in [0.1, 0.15) is 15.4 Å². The second-order valence-electron chi connectivity index (χ2n) is 4.27. The minimum Gasteiger partial charge on any atom is -0.478 e. The molecule has 2 aromatic rings. The summed E-state index contributed by atoms with van der Waals surface area (Å²) in [6.07, 6.45) is 1.59. The molecule has 102 valence electrons. The predicted octanol–water partition coefficient (Wildman–Crippen LogP) is 0.564. The van der Waals surface area contributed by atoms with E-state index < -0.39 is 15.8 Å². The van der Waals surface area contributed by atoms with Crippen molar-refractivity contribution in [3.63, 3.8) is 0 Å². The van der Waals surface area contributed by atoms with Gasteiger partial charge in [-0.15, -0.1) is 5.10 Å². The predicted molar refractivity (Wildman–Crippen MR) is 68.8 cm³/mol. The van der Waals surface area contributed by atoms with Gasteiger partial charge in [-0.3, -0.25) is 0 Å². The highest BCUT2D eigenvalue weighted by molar-refractivity contribution is 7.90. The molecule has 0 saturated carbocycles. The Labute approximate surface area is 109 Å². The third kappa shape index (κ3) is 3.08. The minimum absolute atomic E-state index is 0.0625. The first-order valence-corrected chi connectivity index (χ1v) is 7.68. The lowest BCUT2D eigenvalue weighted by molar-refractivity contribution is 0.0699. The average Bonchev–Trinajstić information content (AvgIpc) is 2.70. The van der Waals surface area contributed by atoms with Gasteiger partial charge in [0.25, 0.3) is 0 Å². The Morgan fingerprint density at radius 1 is 1.42 bits per heavy atom. The molecular formula is C11H13N3O4S. The smallest absolute Gasteiger partial charge is 0.338 e. The number of rotatable bonds is 5. The van der Waals surface area contributed by atoms with Gasteiger partial charge in [0.2, 0.25) is 0 Å². The number of aromatic carboxylic acids is 1. The molecule has 0 aliphatic rings. The van der Waals surface area contributed by atoms with Crippen LogP contribution in [0.2, 0.25) is 0 Å². The van der Waals surface area contributed by atoms with Gasteiger partial charge in [-0.25, -0.2) is 17.9 Å². The number of sulfone groups is 1. The van der Waals surface area contributed by atoms with Crippen LogP contribution in [0.4, 0.5) is 0 Å². The lowest BCUT2D eigenvalue weighted by Crippen LogP contribution is -2.08. The Balaban J connectivity index is 2.26. The minimum atomic E-state index is -3.01. The third-order valence-electron chi connectivity index (χ3n) is 2.66. The number of fused-ring (bicyclic) bond motifs is 1. The topological polar surface area (TPSA) is 102 Å². The van der Waals surface area contributed by atoms with E-state index in [0.29, 0.717) is 24.0 Å². The highest BCUT2D eigenvalue weighted by Gasteiger charge is 2.13. The van der Waals surface area contributed by atoms with Crippen molar-refractivity contribution in [3.8, 4) is 0 Å². The number of hydrogen-bond donors (Lipinski definition) is 1. The molecule has 1 aromatic heterocycles. The molecule has 0 aliphatic carbocycles. The van der Waals surface area contributed by atoms with Crippen molar-refractivity contribution in [1.29, 1.82) is 0 Å². The van der Waals surface area contributed by atoms with Crippen molar-refractivity contribution in [2.75, 3.05) is 12.0 Å². The summed E-state index contributed by atoms with van der Waals surface area (Å²) in [5.41, 5.74) is 0.995. The molecule has 8 heteroatoms. The van der Waals surface area contributed by atoms with Crippen LogP contribution in [0.15, 0.2) is 18.2 Å². The number of benzene rings is 1. The quantitative estimate of drug-likeness (QED) is 0.860. The standard InChI is InChI=1S/C11H13N3O4S/c1-19(17,18)7-3-6-14-9-5-2-4-8(11(15)16)10(9)12-13-14/h2,4-5H,3,6-7H2,1H3,(H,15,16). The van der Waals surface area contributed by atoms with E-state index in [-0.39, 0.29) is 11.3 Å². The molecule has 0 spiro atoms. The van der Waals surface area contributed by atoms with Crippen LogP contribution in [0.25, 0.3) is 11.0 Å². The zero-order valence-electron chi connectivity index (χ0n) is 10.3. The molecule has 0 amide bonds. The van der Waals surface area contributed by atoms with Crippen LogP contribution in [-0.2, 0) is 16.4 Å². The van der Waals surface area contributed by atoms with Crippen LogP contribution in [-0.4, -0.2) is 46.5 Å². The lowest BCUT2D eigenvalue weighted by atomic mass is 10.2. The van der Waals surface area contributed by atoms with Crippen LogP contribution in [0.5, 0.6) is 0 Å².